The summed E-state index contributed by atoms with van der Waals surface area (Å²) in [7, 11) is 0. The molecule has 1 N–H and O–H groups in total. The van der Waals surface area contributed by atoms with Crippen LogP contribution in [0.2, 0.25) is 5.28 Å². The summed E-state index contributed by atoms with van der Waals surface area (Å²) in [6, 6.07) is 1.41. The second-order valence-corrected chi connectivity index (χ2v) is 5.90. The van der Waals surface area contributed by atoms with E-state index in [-0.39, 0.29) is 35.7 Å². The summed E-state index contributed by atoms with van der Waals surface area (Å²) in [6.45, 7) is 0.379. The molecular formula is C13H15ClF2N4O. The first-order valence-electron chi connectivity index (χ1n) is 6.88. The Bertz CT molecular complexity index is 565. The van der Waals surface area contributed by atoms with Gasteiger partial charge in [-0.2, -0.15) is 0 Å². The number of aromatic nitrogens is 2. The number of carbonyl (C=O) groups is 1. The van der Waals surface area contributed by atoms with Crippen LogP contribution in [0.4, 0.5) is 14.6 Å². The predicted octanol–water partition coefficient (Wildman–Crippen LogP) is 2.12. The summed E-state index contributed by atoms with van der Waals surface area (Å²) < 4.78 is 26.5. The normalized spacial score (nSPS) is 20.6. The molecule has 21 heavy (non-hydrogen) atoms. The molecule has 0 atom stereocenters. The molecular weight excluding hydrogens is 302 g/mol. The number of halogens is 3. The molecule has 114 valence electrons. The van der Waals surface area contributed by atoms with E-state index in [1.165, 1.54) is 11.0 Å². The molecule has 0 spiro atoms. The lowest BCUT2D eigenvalue weighted by Crippen LogP contribution is -2.28. The summed E-state index contributed by atoms with van der Waals surface area (Å²) in [6.07, 6.45) is 2.02. The van der Waals surface area contributed by atoms with Crippen LogP contribution in [-0.2, 0) is 0 Å². The number of nitrogens with one attached hydrogen (secondary N) is 1. The summed E-state index contributed by atoms with van der Waals surface area (Å²) >= 11 is 5.80. The van der Waals surface area contributed by atoms with Crippen molar-refractivity contribution in [3.8, 4) is 0 Å². The van der Waals surface area contributed by atoms with Gasteiger partial charge in [0, 0.05) is 25.6 Å². The molecule has 3 rings (SSSR count). The number of hydrogen-bond acceptors (Lipinski definition) is 4. The minimum atomic E-state index is -2.73. The average molecular weight is 317 g/mol. The first-order chi connectivity index (χ1) is 9.93. The van der Waals surface area contributed by atoms with Gasteiger partial charge < -0.3 is 10.2 Å². The van der Waals surface area contributed by atoms with Crippen molar-refractivity contribution in [2.75, 3.05) is 24.5 Å². The van der Waals surface area contributed by atoms with Gasteiger partial charge in [-0.25, -0.2) is 18.7 Å². The lowest BCUT2D eigenvalue weighted by Gasteiger charge is -2.17. The molecule has 5 nitrogen and oxygen atoms in total. The third-order valence-corrected chi connectivity index (χ3v) is 3.83. The van der Waals surface area contributed by atoms with E-state index in [1.54, 1.807) is 0 Å². The zero-order chi connectivity index (χ0) is 15.0. The average Bonchev–Trinajstić information content (AvgIpc) is 3.18. The van der Waals surface area contributed by atoms with E-state index >= 15 is 0 Å². The molecule has 0 unspecified atom stereocenters. The fourth-order valence-corrected chi connectivity index (χ4v) is 2.44. The highest BCUT2D eigenvalue weighted by Crippen LogP contribution is 2.30. The fraction of sp³-hybridized carbons (Fsp3) is 0.615. The summed E-state index contributed by atoms with van der Waals surface area (Å²) in [4.78, 5) is 21.2. The Balaban J connectivity index is 1.74. The van der Waals surface area contributed by atoms with E-state index in [4.69, 9.17) is 11.6 Å². The monoisotopic (exact) mass is 316 g/mol. The number of nitrogens with zero attached hydrogens (tertiary/aromatic N) is 3. The van der Waals surface area contributed by atoms with Gasteiger partial charge in [-0.1, -0.05) is 0 Å². The quantitative estimate of drug-likeness (QED) is 0.864. The maximum Gasteiger partial charge on any atom is 0.270 e. The molecule has 0 radical (unpaired) electrons. The van der Waals surface area contributed by atoms with Crippen molar-refractivity contribution in [1.29, 1.82) is 0 Å². The van der Waals surface area contributed by atoms with Crippen LogP contribution in [0.15, 0.2) is 6.07 Å². The lowest BCUT2D eigenvalue weighted by atomic mass is 10.3. The molecule has 1 aromatic heterocycles. The van der Waals surface area contributed by atoms with Crippen molar-refractivity contribution >= 4 is 23.3 Å². The molecule has 1 aliphatic heterocycles. The van der Waals surface area contributed by atoms with Gasteiger partial charge in [-0.05, 0) is 30.4 Å². The van der Waals surface area contributed by atoms with Crippen molar-refractivity contribution in [2.45, 2.75) is 25.2 Å². The van der Waals surface area contributed by atoms with Crippen LogP contribution >= 0.6 is 11.6 Å². The fourth-order valence-electron chi connectivity index (χ4n) is 2.27. The van der Waals surface area contributed by atoms with Crippen molar-refractivity contribution in [3.05, 3.63) is 17.0 Å². The molecule has 2 fully saturated rings. The summed E-state index contributed by atoms with van der Waals surface area (Å²) in [5.74, 6) is -2.27. The van der Waals surface area contributed by atoms with Gasteiger partial charge in [0.05, 0.1) is 6.54 Å². The Hall–Kier alpha value is -1.50. The van der Waals surface area contributed by atoms with Crippen LogP contribution in [0, 0.1) is 5.92 Å². The molecule has 2 aliphatic rings. The number of carbonyl (C=O) groups excluding carboxylic acids is 1. The summed E-state index contributed by atoms with van der Waals surface area (Å²) in [5.41, 5.74) is 0.112. The summed E-state index contributed by atoms with van der Waals surface area (Å²) in [5, 5.41) is 2.66. The third kappa shape index (κ3) is 3.58. The Kier molecular flexibility index (Phi) is 3.69. The minimum absolute atomic E-state index is 0.112. The highest BCUT2D eigenvalue weighted by atomic mass is 35.5. The molecule has 1 saturated carbocycles. The maximum atomic E-state index is 13.3. The van der Waals surface area contributed by atoms with Gasteiger partial charge >= 0.3 is 0 Å². The van der Waals surface area contributed by atoms with Crippen molar-refractivity contribution in [2.24, 2.45) is 5.92 Å². The predicted molar refractivity (Wildman–Crippen MR) is 73.9 cm³/mol. The van der Waals surface area contributed by atoms with Gasteiger partial charge in [0.1, 0.15) is 11.5 Å². The van der Waals surface area contributed by atoms with Gasteiger partial charge in [0.25, 0.3) is 11.8 Å². The van der Waals surface area contributed by atoms with E-state index in [9.17, 15) is 13.6 Å². The van der Waals surface area contributed by atoms with Gasteiger partial charge in [0.15, 0.2) is 0 Å². The van der Waals surface area contributed by atoms with Crippen LogP contribution < -0.4 is 10.2 Å². The van der Waals surface area contributed by atoms with E-state index in [0.717, 1.165) is 12.8 Å². The van der Waals surface area contributed by atoms with E-state index in [2.05, 4.69) is 15.3 Å². The molecule has 0 aromatic carbocycles. The second kappa shape index (κ2) is 5.36. The van der Waals surface area contributed by atoms with Crippen LogP contribution in [0.1, 0.15) is 29.8 Å². The van der Waals surface area contributed by atoms with Crippen LogP contribution in [0.25, 0.3) is 0 Å². The van der Waals surface area contributed by atoms with Crippen LogP contribution in [0.3, 0.4) is 0 Å². The maximum absolute atomic E-state index is 13.3. The van der Waals surface area contributed by atoms with Crippen LogP contribution in [-0.4, -0.2) is 41.4 Å². The first-order valence-corrected chi connectivity index (χ1v) is 7.26. The van der Waals surface area contributed by atoms with E-state index < -0.39 is 12.5 Å². The van der Waals surface area contributed by atoms with Crippen molar-refractivity contribution in [1.82, 2.24) is 15.3 Å². The molecule has 8 heteroatoms. The Morgan fingerprint density at radius 1 is 1.48 bits per heavy atom. The largest absolute Gasteiger partial charge is 0.350 e. The molecule has 0 bridgehead atoms. The number of alkyl halides is 2. The lowest BCUT2D eigenvalue weighted by molar-refractivity contribution is 0.0256. The zero-order valence-corrected chi connectivity index (χ0v) is 12.0. The zero-order valence-electron chi connectivity index (χ0n) is 11.3. The number of rotatable bonds is 4. The Morgan fingerprint density at radius 2 is 2.24 bits per heavy atom. The number of anilines is 1. The topological polar surface area (TPSA) is 58.1 Å². The highest BCUT2D eigenvalue weighted by Gasteiger charge is 2.39. The number of hydrogen-bond donors (Lipinski definition) is 1. The van der Waals surface area contributed by atoms with E-state index in [0.29, 0.717) is 12.5 Å². The Morgan fingerprint density at radius 3 is 2.86 bits per heavy atom. The van der Waals surface area contributed by atoms with E-state index in [1.807, 2.05) is 0 Å². The molecule has 2 heterocycles. The SMILES string of the molecule is O=C(NCC1CC1)c1cc(N2CCC(F)(F)C2)nc(Cl)n1. The highest BCUT2D eigenvalue weighted by molar-refractivity contribution is 6.28. The van der Waals surface area contributed by atoms with Crippen molar-refractivity contribution < 1.29 is 13.6 Å². The molecule has 1 aromatic rings. The van der Waals surface area contributed by atoms with Crippen LogP contribution in [0.5, 0.6) is 0 Å². The molecule has 1 amide bonds. The smallest absolute Gasteiger partial charge is 0.270 e. The Labute approximate surface area is 125 Å². The molecule has 1 aliphatic carbocycles. The second-order valence-electron chi connectivity index (χ2n) is 5.56. The minimum Gasteiger partial charge on any atom is -0.350 e. The molecule has 1 saturated heterocycles. The standard InChI is InChI=1S/C13H15ClF2N4O/c14-12-18-9(11(21)17-6-8-1-2-8)5-10(19-12)20-4-3-13(15,16)7-20/h5,8H,1-4,6-7H2,(H,17,21). The van der Waals surface area contributed by atoms with Gasteiger partial charge in [-0.15, -0.1) is 0 Å². The van der Waals surface area contributed by atoms with Gasteiger partial charge in [-0.3, -0.25) is 4.79 Å². The van der Waals surface area contributed by atoms with Gasteiger partial charge in [0.2, 0.25) is 5.28 Å². The first kappa shape index (κ1) is 14.4. The number of amides is 1. The third-order valence-electron chi connectivity index (χ3n) is 3.66. The van der Waals surface area contributed by atoms with Crippen molar-refractivity contribution in [3.63, 3.8) is 0 Å².